The smallest absolute Gasteiger partial charge is 0.429 e. The zero-order valence-electron chi connectivity index (χ0n) is 12.3. The van der Waals surface area contributed by atoms with Gasteiger partial charge < -0.3 is 34.9 Å². The van der Waals surface area contributed by atoms with Gasteiger partial charge in [-0.25, -0.2) is 9.13 Å². The van der Waals surface area contributed by atoms with Crippen LogP contribution in [0.3, 0.4) is 0 Å². The van der Waals surface area contributed by atoms with Crippen molar-refractivity contribution in [2.24, 2.45) is 0 Å². The van der Waals surface area contributed by atoms with E-state index < -0.39 is 15.5 Å². The van der Waals surface area contributed by atoms with E-state index in [1.165, 1.54) is 19.2 Å². The van der Waals surface area contributed by atoms with Crippen molar-refractivity contribution in [2.45, 2.75) is 0 Å². The number of hydrogen-bond donors (Lipinski definition) is 8. The van der Waals surface area contributed by atoms with Gasteiger partial charge in [-0.2, -0.15) is 0 Å². The summed E-state index contributed by atoms with van der Waals surface area (Å²) in [5.74, 6) is 0.0421. The fourth-order valence-corrected chi connectivity index (χ4v) is 3.38. The Labute approximate surface area is 157 Å². The summed E-state index contributed by atoms with van der Waals surface area (Å²) >= 11 is 15.6. The maximum Gasteiger partial charge on any atom is 0.429 e. The maximum atomic E-state index is 10.8. The molecule has 0 spiro atoms. The van der Waals surface area contributed by atoms with E-state index >= 15 is 0 Å². The van der Waals surface area contributed by atoms with Crippen LogP contribution in [-0.2, 0) is 9.13 Å². The van der Waals surface area contributed by atoms with Gasteiger partial charge in [0.25, 0.3) is 0 Å². The van der Waals surface area contributed by atoms with Crippen LogP contribution in [0.4, 0.5) is 11.4 Å². The van der Waals surface area contributed by atoms with E-state index in [0.717, 1.165) is 0 Å². The first kappa shape index (κ1) is 22.0. The van der Waals surface area contributed by atoms with Crippen LogP contribution in [0.15, 0.2) is 12.1 Å². The second-order valence-corrected chi connectivity index (χ2v) is 8.05. The van der Waals surface area contributed by atoms with Crippen LogP contribution in [-0.4, -0.2) is 36.9 Å². The summed E-state index contributed by atoms with van der Waals surface area (Å²) in [4.78, 5) is 35.2. The van der Waals surface area contributed by atoms with Crippen molar-refractivity contribution < 1.29 is 33.4 Å². The SMILES string of the molecule is COc1c(NC(=S)NP(=O)(O)O)ccc(NC(=S)NP(=O)(O)O)c1Cl. The van der Waals surface area contributed by atoms with Gasteiger partial charge in [-0.3, -0.25) is 10.2 Å². The molecule has 0 amide bonds. The highest BCUT2D eigenvalue weighted by atomic mass is 35.5. The molecule has 1 aromatic carbocycles. The zero-order chi connectivity index (χ0) is 19.4. The third kappa shape index (κ3) is 7.82. The van der Waals surface area contributed by atoms with Gasteiger partial charge in [0.15, 0.2) is 16.0 Å². The summed E-state index contributed by atoms with van der Waals surface area (Å²) in [7, 11) is -7.88. The van der Waals surface area contributed by atoms with E-state index in [-0.39, 0.29) is 32.4 Å². The number of anilines is 2. The fourth-order valence-electron chi connectivity index (χ4n) is 1.52. The van der Waals surface area contributed by atoms with Crippen molar-refractivity contribution in [3.05, 3.63) is 17.2 Å². The Kier molecular flexibility index (Phi) is 7.56. The molecule has 0 fully saturated rings. The quantitative estimate of drug-likeness (QED) is 0.237. The molecular weight excluding hydrogens is 438 g/mol. The standard InChI is InChI=1S/C9H13ClN4O7P2S2/c1-21-7-5(12-9(25)14-23(18,19)20)3-2-4(6(7)10)11-8(24)13-22(15,16)17/h2-3H,1H3,(H4,11,13,15,16,17,24)(H4,12,14,18,19,20,25). The Balaban J connectivity index is 3.01. The molecule has 16 heteroatoms. The number of thiocarbonyl (C=S) groups is 2. The fraction of sp³-hybridized carbons (Fsp3) is 0.111. The molecular formula is C9H13ClN4O7P2S2. The first-order chi connectivity index (χ1) is 11.3. The maximum absolute atomic E-state index is 10.8. The highest BCUT2D eigenvalue weighted by Gasteiger charge is 2.19. The van der Waals surface area contributed by atoms with Crippen LogP contribution in [0.2, 0.25) is 5.02 Å². The first-order valence-corrected chi connectivity index (χ1v) is 10.4. The first-order valence-electron chi connectivity index (χ1n) is 5.98. The summed E-state index contributed by atoms with van der Waals surface area (Å²) in [6, 6.07) is 2.77. The molecule has 0 aromatic heterocycles. The lowest BCUT2D eigenvalue weighted by Gasteiger charge is -2.18. The van der Waals surface area contributed by atoms with Gasteiger partial charge in [-0.05, 0) is 36.6 Å². The number of benzene rings is 1. The number of hydrogen-bond acceptors (Lipinski definition) is 5. The predicted octanol–water partition coefficient (Wildman–Crippen LogP) is 1.11. The molecule has 8 N–H and O–H groups in total. The molecule has 0 atom stereocenters. The molecule has 0 aliphatic rings. The van der Waals surface area contributed by atoms with Gasteiger partial charge >= 0.3 is 15.5 Å². The molecule has 0 saturated heterocycles. The molecule has 1 aromatic rings. The van der Waals surface area contributed by atoms with Crippen molar-refractivity contribution in [3.8, 4) is 5.75 Å². The van der Waals surface area contributed by atoms with E-state index in [2.05, 4.69) is 10.6 Å². The third-order valence-electron chi connectivity index (χ3n) is 2.29. The van der Waals surface area contributed by atoms with Crippen molar-refractivity contribution in [1.29, 1.82) is 0 Å². The van der Waals surface area contributed by atoms with Gasteiger partial charge in [0.2, 0.25) is 0 Å². The number of methoxy groups -OCH3 is 1. The van der Waals surface area contributed by atoms with E-state index in [4.69, 9.17) is 60.3 Å². The average Bonchev–Trinajstić information content (AvgIpc) is 2.38. The van der Waals surface area contributed by atoms with Crippen LogP contribution in [0, 0.1) is 0 Å². The summed E-state index contributed by atoms with van der Waals surface area (Å²) in [6.07, 6.45) is 0. The topological polar surface area (TPSA) is 172 Å². The average molecular weight is 451 g/mol. The molecule has 0 unspecified atom stereocenters. The van der Waals surface area contributed by atoms with Gasteiger partial charge in [0.05, 0.1) is 18.5 Å². The molecule has 140 valence electrons. The summed E-state index contributed by atoms with van der Waals surface area (Å²) in [6.45, 7) is 0. The predicted molar refractivity (Wildman–Crippen MR) is 101 cm³/mol. The molecule has 11 nitrogen and oxygen atoms in total. The van der Waals surface area contributed by atoms with Gasteiger partial charge in [-0.15, -0.1) is 0 Å². The Bertz CT molecular complexity index is 783. The lowest BCUT2D eigenvalue weighted by molar-refractivity contribution is 0.365. The van der Waals surface area contributed by atoms with Crippen LogP contribution >= 0.6 is 51.5 Å². The van der Waals surface area contributed by atoms with Crippen LogP contribution < -0.4 is 25.5 Å². The minimum absolute atomic E-state index is 0.0265. The van der Waals surface area contributed by atoms with E-state index in [0.29, 0.717) is 0 Å². The van der Waals surface area contributed by atoms with Gasteiger partial charge in [0, 0.05) is 0 Å². The normalized spacial score (nSPS) is 11.4. The van der Waals surface area contributed by atoms with Crippen LogP contribution in [0.5, 0.6) is 5.75 Å². The van der Waals surface area contributed by atoms with Crippen LogP contribution in [0.25, 0.3) is 0 Å². The molecule has 25 heavy (non-hydrogen) atoms. The Morgan fingerprint density at radius 3 is 1.80 bits per heavy atom. The second-order valence-electron chi connectivity index (χ2n) is 4.23. The van der Waals surface area contributed by atoms with Crippen molar-refractivity contribution >= 4 is 73.1 Å². The Hall–Kier alpha value is -1.01. The number of ether oxygens (including phenoxy) is 1. The minimum Gasteiger partial charge on any atom is -0.493 e. The monoisotopic (exact) mass is 450 g/mol. The molecule has 0 heterocycles. The Morgan fingerprint density at radius 2 is 1.40 bits per heavy atom. The number of rotatable bonds is 5. The van der Waals surface area contributed by atoms with E-state index in [9.17, 15) is 9.13 Å². The van der Waals surface area contributed by atoms with Crippen molar-refractivity contribution in [3.63, 3.8) is 0 Å². The lowest BCUT2D eigenvalue weighted by atomic mass is 10.2. The largest absolute Gasteiger partial charge is 0.493 e. The molecule has 0 radical (unpaired) electrons. The van der Waals surface area contributed by atoms with E-state index in [1.807, 2.05) is 0 Å². The number of halogens is 1. The van der Waals surface area contributed by atoms with Crippen molar-refractivity contribution in [2.75, 3.05) is 17.7 Å². The molecule has 0 saturated carbocycles. The minimum atomic E-state index is -4.58. The van der Waals surface area contributed by atoms with Crippen LogP contribution in [0.1, 0.15) is 0 Å². The third-order valence-corrected chi connectivity index (χ3v) is 4.41. The highest BCUT2D eigenvalue weighted by Crippen LogP contribution is 2.39. The van der Waals surface area contributed by atoms with Gasteiger partial charge in [-0.1, -0.05) is 11.6 Å². The lowest BCUT2D eigenvalue weighted by Crippen LogP contribution is -2.26. The summed E-state index contributed by atoms with van der Waals surface area (Å²) in [5, 5.41) is 7.72. The summed E-state index contributed by atoms with van der Waals surface area (Å²) in [5.41, 5.74) is 0.335. The van der Waals surface area contributed by atoms with Gasteiger partial charge in [0.1, 0.15) is 5.02 Å². The highest BCUT2D eigenvalue weighted by molar-refractivity contribution is 7.81. The summed E-state index contributed by atoms with van der Waals surface area (Å²) < 4.78 is 26.8. The Morgan fingerprint density at radius 1 is 1.00 bits per heavy atom. The van der Waals surface area contributed by atoms with E-state index in [1.54, 1.807) is 10.2 Å². The number of nitrogens with one attached hydrogen (secondary N) is 4. The molecule has 0 bridgehead atoms. The molecule has 0 aliphatic carbocycles. The molecule has 1 rings (SSSR count). The zero-order valence-corrected chi connectivity index (χ0v) is 16.4. The molecule has 0 aliphatic heterocycles. The second kappa shape index (κ2) is 8.58. The van der Waals surface area contributed by atoms with Crippen molar-refractivity contribution in [1.82, 2.24) is 10.2 Å².